The highest BCUT2D eigenvalue weighted by Gasteiger charge is 2.30. The SMILES string of the molecule is COc1cc(-c2cc(F)cc(F)c2)c(F)cc1-n1c2c(ccc1=O)CCCC2.COc1cc(-c2cc(F)cc(F)c2)c(F)cc1-n1c2c(ccc1=O)CN(S(=O)(=O)Nc1cccc(F)n1)CC2.Nc1cccc(F)n1.O=S(Cl)Cl. The first-order valence-corrected chi connectivity index (χ1v) is 27.5. The van der Waals surface area contributed by atoms with Crippen molar-refractivity contribution in [2.45, 2.75) is 38.6 Å². The van der Waals surface area contributed by atoms with Crippen LogP contribution < -0.4 is 31.0 Å². The number of nitrogen functional groups attached to an aromatic ring is 1. The van der Waals surface area contributed by atoms with Crippen LogP contribution in [0.1, 0.15) is 35.4 Å². The minimum absolute atomic E-state index is 0.00292. The fourth-order valence-corrected chi connectivity index (χ4v) is 9.85. The zero-order valence-corrected chi connectivity index (χ0v) is 44.4. The lowest BCUT2D eigenvalue weighted by molar-refractivity contribution is 0.385. The number of pyridine rings is 4. The van der Waals surface area contributed by atoms with E-state index < -0.39 is 71.8 Å². The zero-order chi connectivity index (χ0) is 57.3. The van der Waals surface area contributed by atoms with Gasteiger partial charge in [0, 0.05) is 99.8 Å². The quantitative estimate of drug-likeness (QED) is 0.0802. The normalized spacial score (nSPS) is 12.8. The number of methoxy groups -OCH3 is 2. The molecule has 5 heterocycles. The number of benzene rings is 4. The zero-order valence-electron chi connectivity index (χ0n) is 41.3. The van der Waals surface area contributed by atoms with Gasteiger partial charge in [-0.2, -0.15) is 21.5 Å². The van der Waals surface area contributed by atoms with Crippen LogP contribution in [0, 0.1) is 46.8 Å². The maximum absolute atomic E-state index is 15.3. The Morgan fingerprint density at radius 2 is 1.05 bits per heavy atom. The molecule has 0 saturated heterocycles. The highest BCUT2D eigenvalue weighted by molar-refractivity contribution is 8.26. The molecule has 0 amide bonds. The first-order valence-electron chi connectivity index (χ1n) is 23.2. The van der Waals surface area contributed by atoms with E-state index in [-0.39, 0.29) is 81.8 Å². The predicted octanol–water partition coefficient (Wildman–Crippen LogP) is 10.8. The Bertz CT molecular complexity index is 3780. The molecule has 10 rings (SSSR count). The van der Waals surface area contributed by atoms with Gasteiger partial charge in [-0.1, -0.05) is 24.3 Å². The molecule has 4 aromatic heterocycles. The van der Waals surface area contributed by atoms with Gasteiger partial charge in [0.2, 0.25) is 21.1 Å². The van der Waals surface area contributed by atoms with Gasteiger partial charge >= 0.3 is 10.2 Å². The van der Waals surface area contributed by atoms with Gasteiger partial charge in [-0.3, -0.25) is 23.4 Å². The van der Waals surface area contributed by atoms with Crippen LogP contribution in [0.3, 0.4) is 0 Å². The van der Waals surface area contributed by atoms with E-state index in [2.05, 4.69) is 36.1 Å². The summed E-state index contributed by atoms with van der Waals surface area (Å²) < 4.78 is 162. The van der Waals surface area contributed by atoms with E-state index in [9.17, 15) is 48.7 Å². The van der Waals surface area contributed by atoms with E-state index in [0.717, 1.165) is 77.3 Å². The number of rotatable bonds is 9. The summed E-state index contributed by atoms with van der Waals surface area (Å²) in [4.78, 5) is 32.4. The maximum Gasteiger partial charge on any atom is 0.303 e. The second-order valence-electron chi connectivity index (χ2n) is 17.1. The molecule has 0 atom stereocenters. The largest absolute Gasteiger partial charge is 0.495 e. The molecule has 14 nitrogen and oxygen atoms in total. The van der Waals surface area contributed by atoms with Gasteiger partial charge in [0.1, 0.15) is 58.0 Å². The monoisotopic (exact) mass is 1180 g/mol. The molecule has 26 heteroatoms. The van der Waals surface area contributed by atoms with Crippen molar-refractivity contribution in [1.29, 1.82) is 0 Å². The van der Waals surface area contributed by atoms with E-state index in [0.29, 0.717) is 23.7 Å². The van der Waals surface area contributed by atoms with Gasteiger partial charge in [0.25, 0.3) is 11.1 Å². The van der Waals surface area contributed by atoms with Gasteiger partial charge in [0.05, 0.1) is 25.6 Å². The van der Waals surface area contributed by atoms with Crippen molar-refractivity contribution in [2.24, 2.45) is 0 Å². The van der Waals surface area contributed by atoms with Crippen molar-refractivity contribution in [3.8, 4) is 45.1 Å². The smallest absolute Gasteiger partial charge is 0.303 e. The number of hydrogen-bond donors (Lipinski definition) is 2. The summed E-state index contributed by atoms with van der Waals surface area (Å²) in [7, 11) is 5.94. The molecule has 79 heavy (non-hydrogen) atoms. The van der Waals surface area contributed by atoms with E-state index >= 15 is 4.39 Å². The summed E-state index contributed by atoms with van der Waals surface area (Å²) in [6, 6.07) is 24.2. The Labute approximate surface area is 457 Å². The van der Waals surface area contributed by atoms with Gasteiger partial charge in [0.15, 0.2) is 0 Å². The van der Waals surface area contributed by atoms with Crippen molar-refractivity contribution >= 4 is 52.4 Å². The molecule has 0 bridgehead atoms. The van der Waals surface area contributed by atoms with Crippen LogP contribution in [0.5, 0.6) is 11.5 Å². The Hall–Kier alpha value is -7.64. The summed E-state index contributed by atoms with van der Waals surface area (Å²) >= 11 is 0. The molecule has 8 aromatic rings. The van der Waals surface area contributed by atoms with Gasteiger partial charge in [-0.25, -0.2) is 40.5 Å². The summed E-state index contributed by atoms with van der Waals surface area (Å²) in [6.45, 7) is -0.182. The Morgan fingerprint density at radius 1 is 0.595 bits per heavy atom. The number of ether oxygens (including phenoxy) is 2. The summed E-state index contributed by atoms with van der Waals surface area (Å²) in [5.41, 5.74) is 7.30. The third kappa shape index (κ3) is 14.7. The number of hydrogen-bond acceptors (Lipinski definition) is 10. The molecule has 1 aliphatic heterocycles. The van der Waals surface area contributed by atoms with Crippen LogP contribution in [0.15, 0.2) is 131 Å². The standard InChI is InChI=1S/C26H20F4N4O4S.C22H18F3NO2.C5H5FN2.Cl2OS/c1-38-23-12-19(16-9-17(27)11-18(28)10-16)20(29)13-22(23)34-21-7-8-33(14-15(21)5-6-26(34)35)39(36,37)32-25-4-2-3-24(30)31-25;1-28-21-11-17(14-8-15(23)10-16(24)9-14)18(25)12-20(21)26-19-5-3-2-4-13(19)6-7-22(26)27;6-4-2-1-3-5(7)8-4;1-4(2)3/h2-6,9-13H,7-8,14H2,1H3,(H,31,32);6-12H,2-5H2,1H3;1-3H,(H2,7,8);. The van der Waals surface area contributed by atoms with Crippen molar-refractivity contribution in [3.05, 3.63) is 211 Å². The molecule has 4 aromatic carbocycles. The number of anilines is 2. The average Bonchev–Trinajstić information content (AvgIpc) is 3.44. The highest BCUT2D eigenvalue weighted by atomic mass is 36.0. The minimum Gasteiger partial charge on any atom is -0.495 e. The van der Waals surface area contributed by atoms with Crippen LogP contribution >= 0.6 is 21.4 Å². The summed E-state index contributed by atoms with van der Waals surface area (Å²) in [5, 5.41) is 0. The van der Waals surface area contributed by atoms with Crippen molar-refractivity contribution < 1.29 is 57.2 Å². The number of halogens is 10. The van der Waals surface area contributed by atoms with E-state index in [4.69, 9.17) is 19.4 Å². The average molecular weight is 1180 g/mol. The van der Waals surface area contributed by atoms with Gasteiger partial charge in [-0.15, -0.1) is 0 Å². The third-order valence-electron chi connectivity index (χ3n) is 12.0. The molecule has 0 spiro atoms. The van der Waals surface area contributed by atoms with Crippen molar-refractivity contribution in [3.63, 3.8) is 0 Å². The van der Waals surface area contributed by atoms with Gasteiger partial charge in [-0.05, 0) is 109 Å². The molecule has 3 N–H and O–H groups in total. The number of aryl methyl sites for hydroxylation is 1. The molecular formula is C53H43Cl2F8N7O7S2. The first-order chi connectivity index (χ1) is 37.5. The minimum atomic E-state index is -4.13. The van der Waals surface area contributed by atoms with Gasteiger partial charge < -0.3 is 15.2 Å². The van der Waals surface area contributed by atoms with Crippen molar-refractivity contribution in [1.82, 2.24) is 23.4 Å². The third-order valence-corrected chi connectivity index (χ3v) is 13.5. The highest BCUT2D eigenvalue weighted by Crippen LogP contribution is 2.36. The Morgan fingerprint density at radius 3 is 1.51 bits per heavy atom. The van der Waals surface area contributed by atoms with Crippen LogP contribution in [0.4, 0.5) is 46.8 Å². The van der Waals surface area contributed by atoms with E-state index in [1.807, 2.05) is 6.07 Å². The Kier molecular flexibility index (Phi) is 19.3. The lowest BCUT2D eigenvalue weighted by atomic mass is 9.95. The van der Waals surface area contributed by atoms with E-state index in [1.165, 1.54) is 90.1 Å². The number of nitrogens with zero attached hydrogens (tertiary/aromatic N) is 5. The number of fused-ring (bicyclic) bond motifs is 2. The summed E-state index contributed by atoms with van der Waals surface area (Å²) in [5.74, 6) is -5.98. The predicted molar refractivity (Wildman–Crippen MR) is 284 cm³/mol. The second kappa shape index (κ2) is 25.9. The molecule has 0 unspecified atom stereocenters. The van der Waals surface area contributed by atoms with Crippen LogP contribution in [-0.2, 0) is 45.2 Å². The Balaban J connectivity index is 0.000000195. The molecule has 0 radical (unpaired) electrons. The molecule has 2 aliphatic rings. The number of nitrogens with one attached hydrogen (secondary N) is 1. The lowest BCUT2D eigenvalue weighted by Gasteiger charge is -2.30. The maximum atomic E-state index is 15.3. The molecular weight excluding hydrogens is 1130 g/mol. The van der Waals surface area contributed by atoms with Crippen LogP contribution in [-0.4, -0.2) is 56.8 Å². The molecule has 0 fully saturated rings. The van der Waals surface area contributed by atoms with E-state index in [1.54, 1.807) is 0 Å². The number of aromatic nitrogens is 4. The van der Waals surface area contributed by atoms with Crippen LogP contribution in [0.2, 0.25) is 0 Å². The first kappa shape index (κ1) is 59.0. The summed E-state index contributed by atoms with van der Waals surface area (Å²) in [6.07, 6.45) is 3.64. The molecule has 1 aliphatic carbocycles. The second-order valence-corrected chi connectivity index (χ2v) is 21.3. The molecule has 0 saturated carbocycles. The lowest BCUT2D eigenvalue weighted by Crippen LogP contribution is -2.41. The molecule has 414 valence electrons. The fraction of sp³-hybridized carbons (Fsp3) is 0.170. The fourth-order valence-electron chi connectivity index (χ4n) is 8.70. The number of nitrogens with two attached hydrogens (primary N) is 1. The van der Waals surface area contributed by atoms with Crippen molar-refractivity contribution in [2.75, 3.05) is 31.2 Å². The van der Waals surface area contributed by atoms with Crippen LogP contribution in [0.25, 0.3) is 33.6 Å². The topological polar surface area (TPSA) is 181 Å².